The molecule has 5 rings (SSSR count). The first kappa shape index (κ1) is 19.5. The fourth-order valence-corrected chi connectivity index (χ4v) is 4.71. The molecule has 1 amide bonds. The van der Waals surface area contributed by atoms with Crippen molar-refractivity contribution in [3.63, 3.8) is 0 Å². The number of nitrogens with one attached hydrogen (secondary N) is 1. The number of fused-ring (bicyclic) bond motifs is 2. The van der Waals surface area contributed by atoms with Gasteiger partial charge in [-0.25, -0.2) is 9.37 Å². The normalized spacial score (nSPS) is 22.0. The van der Waals surface area contributed by atoms with Crippen LogP contribution in [0.15, 0.2) is 43.0 Å². The summed E-state index contributed by atoms with van der Waals surface area (Å²) in [6, 6.07) is 4.78. The summed E-state index contributed by atoms with van der Waals surface area (Å²) in [6.45, 7) is 4.46. The van der Waals surface area contributed by atoms with Crippen LogP contribution in [0.5, 0.6) is 0 Å². The molecule has 1 N–H and O–H groups in total. The topological polar surface area (TPSA) is 83.9 Å². The van der Waals surface area contributed by atoms with E-state index in [0.717, 1.165) is 24.1 Å². The quantitative estimate of drug-likeness (QED) is 0.699. The second kappa shape index (κ2) is 7.68. The third-order valence-corrected chi connectivity index (χ3v) is 6.09. The number of anilines is 1. The number of aryl methyl sites for hydroxylation is 2. The number of hydrogen-bond acceptors (Lipinski definition) is 6. The highest BCUT2D eigenvalue weighted by Crippen LogP contribution is 2.40. The van der Waals surface area contributed by atoms with Crippen LogP contribution in [0.25, 0.3) is 11.4 Å². The van der Waals surface area contributed by atoms with Crippen LogP contribution in [-0.4, -0.2) is 49.4 Å². The number of nitrogens with zero attached hydrogens (tertiary/aromatic N) is 5. The van der Waals surface area contributed by atoms with E-state index in [1.165, 1.54) is 18.3 Å². The van der Waals surface area contributed by atoms with Gasteiger partial charge < -0.3 is 10.2 Å². The predicted octanol–water partition coefficient (Wildman–Crippen LogP) is 3.40. The Labute approximate surface area is 179 Å². The van der Waals surface area contributed by atoms with Crippen LogP contribution in [0.2, 0.25) is 0 Å². The smallest absolute Gasteiger partial charge is 0.256 e. The van der Waals surface area contributed by atoms with Gasteiger partial charge in [-0.2, -0.15) is 0 Å². The fourth-order valence-electron chi connectivity index (χ4n) is 4.71. The molecule has 1 saturated heterocycles. The Balaban J connectivity index is 1.44. The van der Waals surface area contributed by atoms with E-state index in [1.807, 2.05) is 18.7 Å². The Morgan fingerprint density at radius 2 is 1.97 bits per heavy atom. The summed E-state index contributed by atoms with van der Waals surface area (Å²) < 4.78 is 14.4. The van der Waals surface area contributed by atoms with Crippen molar-refractivity contribution in [1.29, 1.82) is 0 Å². The van der Waals surface area contributed by atoms with Crippen LogP contribution in [0, 0.1) is 25.6 Å². The number of amides is 1. The lowest BCUT2D eigenvalue weighted by molar-refractivity contribution is 0.0692. The van der Waals surface area contributed by atoms with Gasteiger partial charge in [0.15, 0.2) is 5.82 Å². The number of likely N-dealkylation sites (tertiary alicyclic amines) is 1. The van der Waals surface area contributed by atoms with Crippen molar-refractivity contribution >= 4 is 11.7 Å². The van der Waals surface area contributed by atoms with Crippen LogP contribution in [0.4, 0.5) is 10.2 Å². The Morgan fingerprint density at radius 3 is 2.71 bits per heavy atom. The number of rotatable bonds is 4. The molecule has 158 valence electrons. The van der Waals surface area contributed by atoms with E-state index in [1.54, 1.807) is 24.7 Å². The largest absolute Gasteiger partial charge is 0.364 e. The first-order valence-electron chi connectivity index (χ1n) is 10.4. The molecule has 3 aromatic rings. The highest BCUT2D eigenvalue weighted by molar-refractivity contribution is 6.00. The zero-order valence-corrected chi connectivity index (χ0v) is 17.4. The number of carbonyl (C=O) groups excluding carboxylic acids is 1. The molecule has 2 aliphatic rings. The van der Waals surface area contributed by atoms with Gasteiger partial charge in [0.05, 0.1) is 29.7 Å². The first-order chi connectivity index (χ1) is 15.0. The van der Waals surface area contributed by atoms with Gasteiger partial charge in [-0.3, -0.25) is 19.7 Å². The number of hydrogen-bond donors (Lipinski definition) is 1. The molecule has 0 aromatic carbocycles. The van der Waals surface area contributed by atoms with Crippen molar-refractivity contribution in [1.82, 2.24) is 24.8 Å². The van der Waals surface area contributed by atoms with Crippen LogP contribution >= 0.6 is 0 Å². The number of halogens is 1. The Hall–Kier alpha value is -3.42. The molecule has 8 heteroatoms. The Kier molecular flexibility index (Phi) is 4.84. The molecular weight excluding hydrogens is 395 g/mol. The number of piperidine rings is 1. The maximum atomic E-state index is 14.4. The molecule has 2 bridgehead atoms. The maximum absolute atomic E-state index is 14.4. The summed E-state index contributed by atoms with van der Waals surface area (Å²) in [7, 11) is 0. The molecule has 4 heterocycles. The molecule has 0 spiro atoms. The van der Waals surface area contributed by atoms with Gasteiger partial charge in [0, 0.05) is 25.0 Å². The van der Waals surface area contributed by atoms with E-state index < -0.39 is 5.82 Å². The van der Waals surface area contributed by atoms with Gasteiger partial charge in [0.2, 0.25) is 0 Å². The number of aromatic nitrogens is 4. The van der Waals surface area contributed by atoms with E-state index >= 15 is 0 Å². The Morgan fingerprint density at radius 1 is 1.10 bits per heavy atom. The summed E-state index contributed by atoms with van der Waals surface area (Å²) in [6.07, 6.45) is 8.52. The molecule has 1 aliphatic carbocycles. The molecule has 1 saturated carbocycles. The average molecular weight is 418 g/mol. The van der Waals surface area contributed by atoms with Crippen LogP contribution in [0.3, 0.4) is 0 Å². The summed E-state index contributed by atoms with van der Waals surface area (Å²) in [4.78, 5) is 32.7. The summed E-state index contributed by atoms with van der Waals surface area (Å²) >= 11 is 0. The van der Waals surface area contributed by atoms with Crippen molar-refractivity contribution in [2.75, 3.05) is 11.9 Å². The highest BCUT2D eigenvalue weighted by atomic mass is 19.1. The fraction of sp³-hybridized carbons (Fsp3) is 0.348. The van der Waals surface area contributed by atoms with Gasteiger partial charge in [0.1, 0.15) is 17.2 Å². The standard InChI is InChI=1S/C23H23FN6O/c1-13-6-16(21(28-9-13)22-17(24)4-3-5-25-22)23(31)30-12-15-7-18(19(30)8-15)29-20-11-26-14(2)10-27-20/h3-6,9-11,15,18-19H,7-8,12H2,1-2H3,(H,27,29). The zero-order valence-electron chi connectivity index (χ0n) is 17.4. The van der Waals surface area contributed by atoms with Gasteiger partial charge in [-0.15, -0.1) is 0 Å². The second-order valence-electron chi connectivity index (χ2n) is 8.40. The van der Waals surface area contributed by atoms with E-state index in [9.17, 15) is 9.18 Å². The third-order valence-electron chi connectivity index (χ3n) is 6.09. The minimum Gasteiger partial charge on any atom is -0.364 e. The van der Waals surface area contributed by atoms with Crippen LogP contribution < -0.4 is 5.32 Å². The average Bonchev–Trinajstić information content (AvgIpc) is 3.36. The van der Waals surface area contributed by atoms with Crippen LogP contribution in [-0.2, 0) is 0 Å². The molecule has 3 aromatic heterocycles. The molecule has 3 unspecified atom stereocenters. The molecule has 7 nitrogen and oxygen atoms in total. The lowest BCUT2D eigenvalue weighted by atomic mass is 10.0. The maximum Gasteiger partial charge on any atom is 0.256 e. The molecule has 2 fully saturated rings. The predicted molar refractivity (Wildman–Crippen MR) is 114 cm³/mol. The van der Waals surface area contributed by atoms with Crippen molar-refractivity contribution in [2.24, 2.45) is 5.92 Å². The highest BCUT2D eigenvalue weighted by Gasteiger charge is 2.47. The van der Waals surface area contributed by atoms with E-state index in [0.29, 0.717) is 23.8 Å². The summed E-state index contributed by atoms with van der Waals surface area (Å²) in [5, 5.41) is 3.45. The minimum atomic E-state index is -0.492. The van der Waals surface area contributed by atoms with E-state index in [2.05, 4.69) is 25.3 Å². The lowest BCUT2D eigenvalue weighted by Gasteiger charge is -2.34. The summed E-state index contributed by atoms with van der Waals surface area (Å²) in [5.41, 5.74) is 2.47. The SMILES string of the molecule is Cc1cnc(-c2ncccc2F)c(C(=O)N2CC3CC(Nc4cnc(C)cn4)C2C3)c1. The molecule has 1 aliphatic heterocycles. The van der Waals surface area contributed by atoms with Crippen molar-refractivity contribution < 1.29 is 9.18 Å². The molecule has 31 heavy (non-hydrogen) atoms. The zero-order chi connectivity index (χ0) is 21.5. The van der Waals surface area contributed by atoms with Crippen molar-refractivity contribution in [3.8, 4) is 11.4 Å². The van der Waals surface area contributed by atoms with Crippen molar-refractivity contribution in [2.45, 2.75) is 38.8 Å². The van der Waals surface area contributed by atoms with Gasteiger partial charge >= 0.3 is 0 Å². The minimum absolute atomic E-state index is 0.0440. The monoisotopic (exact) mass is 418 g/mol. The van der Waals surface area contributed by atoms with Gasteiger partial charge in [-0.1, -0.05) is 0 Å². The van der Waals surface area contributed by atoms with E-state index in [-0.39, 0.29) is 29.4 Å². The third kappa shape index (κ3) is 3.62. The second-order valence-corrected chi connectivity index (χ2v) is 8.40. The summed E-state index contributed by atoms with van der Waals surface area (Å²) in [5.74, 6) is 0.514. The molecule has 0 radical (unpaired) electrons. The van der Waals surface area contributed by atoms with Crippen molar-refractivity contribution in [3.05, 3.63) is 65.6 Å². The number of pyridine rings is 2. The molecular formula is C23H23FN6O. The molecule has 3 atom stereocenters. The first-order valence-corrected chi connectivity index (χ1v) is 10.4. The number of carbonyl (C=O) groups is 1. The van der Waals surface area contributed by atoms with Crippen LogP contribution in [0.1, 0.15) is 34.5 Å². The Bertz CT molecular complexity index is 1140. The van der Waals surface area contributed by atoms with Gasteiger partial charge in [-0.05, 0) is 56.4 Å². The lowest BCUT2D eigenvalue weighted by Crippen LogP contribution is -2.48. The van der Waals surface area contributed by atoms with E-state index in [4.69, 9.17) is 0 Å². The van der Waals surface area contributed by atoms with Gasteiger partial charge in [0.25, 0.3) is 5.91 Å².